The second kappa shape index (κ2) is 4.21. The third kappa shape index (κ3) is 1.97. The number of hydrogen-bond donors (Lipinski definition) is 0. The molecule has 1 rings (SSSR count). The summed E-state index contributed by atoms with van der Waals surface area (Å²) in [6, 6.07) is 1.91. The summed E-state index contributed by atoms with van der Waals surface area (Å²) in [6.45, 7) is 6.63. The van der Waals surface area contributed by atoms with Crippen LogP contribution in [-0.4, -0.2) is 9.78 Å². The van der Waals surface area contributed by atoms with E-state index in [2.05, 4.69) is 5.10 Å². The average Bonchev–Trinajstić information content (AvgIpc) is 2.18. The highest BCUT2D eigenvalue weighted by Crippen LogP contribution is 1.98. The fourth-order valence-corrected chi connectivity index (χ4v) is 1.30. The Morgan fingerprint density at radius 2 is 2.00 bits per heavy atom. The summed E-state index contributed by atoms with van der Waals surface area (Å²) in [5, 5.41) is 4.22. The zero-order chi connectivity index (χ0) is 9.84. The highest BCUT2D eigenvalue weighted by Gasteiger charge is 2.03. The highest BCUT2D eigenvalue weighted by atomic mass is 16.1. The van der Waals surface area contributed by atoms with E-state index in [1.54, 1.807) is 0 Å². The van der Waals surface area contributed by atoms with Crippen LogP contribution in [-0.2, 0) is 19.4 Å². The van der Waals surface area contributed by atoms with E-state index in [1.165, 1.54) is 4.68 Å². The molecule has 0 saturated heterocycles. The van der Waals surface area contributed by atoms with Crippen molar-refractivity contribution >= 4 is 0 Å². The van der Waals surface area contributed by atoms with Crippen molar-refractivity contribution in [1.82, 2.24) is 9.78 Å². The van der Waals surface area contributed by atoms with Gasteiger partial charge in [0.2, 0.25) is 0 Å². The minimum absolute atomic E-state index is 0.0576. The lowest BCUT2D eigenvalue weighted by Gasteiger charge is -2.05. The van der Waals surface area contributed by atoms with Gasteiger partial charge in [0.15, 0.2) is 0 Å². The van der Waals surface area contributed by atoms with Crippen LogP contribution < -0.4 is 5.56 Å². The smallest absolute Gasteiger partial charge is 0.268 e. The lowest BCUT2D eigenvalue weighted by molar-refractivity contribution is 0.592. The second-order valence-electron chi connectivity index (χ2n) is 2.99. The van der Waals surface area contributed by atoms with Crippen molar-refractivity contribution in [2.75, 3.05) is 0 Å². The largest absolute Gasteiger partial charge is 0.269 e. The molecular weight excluding hydrogens is 164 g/mol. The van der Waals surface area contributed by atoms with Crippen LogP contribution in [0.2, 0.25) is 0 Å². The second-order valence-corrected chi connectivity index (χ2v) is 2.99. The molecule has 0 amide bonds. The molecule has 0 fully saturated rings. The Labute approximate surface area is 78.4 Å². The molecule has 0 saturated carbocycles. The molecule has 0 radical (unpaired) electrons. The summed E-state index contributed by atoms with van der Waals surface area (Å²) in [5.74, 6) is 0. The van der Waals surface area contributed by atoms with Gasteiger partial charge in [0.25, 0.3) is 5.56 Å². The number of nitrogens with zero attached hydrogens (tertiary/aromatic N) is 2. The molecule has 13 heavy (non-hydrogen) atoms. The van der Waals surface area contributed by atoms with Gasteiger partial charge in [-0.25, -0.2) is 4.68 Å². The van der Waals surface area contributed by atoms with Crippen molar-refractivity contribution in [3.63, 3.8) is 0 Å². The summed E-state index contributed by atoms with van der Waals surface area (Å²) in [6.07, 6.45) is 1.67. The van der Waals surface area contributed by atoms with E-state index in [0.29, 0.717) is 6.54 Å². The van der Waals surface area contributed by atoms with Crippen molar-refractivity contribution in [3.05, 3.63) is 27.7 Å². The zero-order valence-corrected chi connectivity index (χ0v) is 8.50. The minimum Gasteiger partial charge on any atom is -0.268 e. The Kier molecular flexibility index (Phi) is 3.23. The first-order valence-electron chi connectivity index (χ1n) is 4.82. The Bertz CT molecular complexity index is 313. The molecule has 0 bridgehead atoms. The van der Waals surface area contributed by atoms with Crippen LogP contribution in [0.15, 0.2) is 10.9 Å². The van der Waals surface area contributed by atoms with Crippen LogP contribution in [0.4, 0.5) is 0 Å². The van der Waals surface area contributed by atoms with Gasteiger partial charge in [0, 0.05) is 12.1 Å². The number of hydrogen-bond acceptors (Lipinski definition) is 2. The number of rotatable bonds is 3. The summed E-state index contributed by atoms with van der Waals surface area (Å²) in [4.78, 5) is 11.6. The van der Waals surface area contributed by atoms with Gasteiger partial charge < -0.3 is 0 Å². The van der Waals surface area contributed by atoms with Gasteiger partial charge >= 0.3 is 0 Å². The van der Waals surface area contributed by atoms with E-state index in [1.807, 2.05) is 26.8 Å². The maximum Gasteiger partial charge on any atom is 0.269 e. The molecule has 3 nitrogen and oxygen atoms in total. The number of aryl methyl sites for hydroxylation is 3. The Morgan fingerprint density at radius 3 is 2.46 bits per heavy atom. The molecule has 0 aromatic carbocycles. The Morgan fingerprint density at radius 1 is 1.31 bits per heavy atom. The molecule has 0 N–H and O–H groups in total. The van der Waals surface area contributed by atoms with Crippen LogP contribution >= 0.6 is 0 Å². The molecular formula is C10H16N2O. The van der Waals surface area contributed by atoms with Crippen molar-refractivity contribution in [2.45, 2.75) is 40.2 Å². The topological polar surface area (TPSA) is 34.9 Å². The monoisotopic (exact) mass is 180 g/mol. The SMILES string of the molecule is CCc1cc(CC)c(=O)n(CC)n1. The van der Waals surface area contributed by atoms with Crippen LogP contribution in [0.5, 0.6) is 0 Å². The molecule has 1 aromatic rings. The van der Waals surface area contributed by atoms with Crippen LogP contribution in [0.3, 0.4) is 0 Å². The molecule has 0 unspecified atom stereocenters. The van der Waals surface area contributed by atoms with Crippen molar-refractivity contribution in [1.29, 1.82) is 0 Å². The molecule has 0 aliphatic carbocycles. The summed E-state index contributed by atoms with van der Waals surface area (Å²) in [7, 11) is 0. The van der Waals surface area contributed by atoms with E-state index in [4.69, 9.17) is 0 Å². The Balaban J connectivity index is 3.29. The third-order valence-electron chi connectivity index (χ3n) is 2.14. The predicted octanol–water partition coefficient (Wildman–Crippen LogP) is 1.39. The van der Waals surface area contributed by atoms with Crippen LogP contribution in [0.1, 0.15) is 32.0 Å². The summed E-state index contributed by atoms with van der Waals surface area (Å²) < 4.78 is 1.54. The van der Waals surface area contributed by atoms with E-state index in [-0.39, 0.29) is 5.56 Å². The average molecular weight is 180 g/mol. The van der Waals surface area contributed by atoms with Gasteiger partial charge in [0.05, 0.1) is 5.69 Å². The van der Waals surface area contributed by atoms with Crippen molar-refractivity contribution in [3.8, 4) is 0 Å². The molecule has 3 heteroatoms. The summed E-state index contributed by atoms with van der Waals surface area (Å²) in [5.41, 5.74) is 1.93. The molecule has 0 spiro atoms. The maximum absolute atomic E-state index is 11.6. The van der Waals surface area contributed by atoms with Crippen molar-refractivity contribution in [2.24, 2.45) is 0 Å². The fraction of sp³-hybridized carbons (Fsp3) is 0.600. The first-order valence-corrected chi connectivity index (χ1v) is 4.82. The molecule has 72 valence electrons. The molecule has 0 aliphatic rings. The quantitative estimate of drug-likeness (QED) is 0.704. The van der Waals surface area contributed by atoms with Crippen molar-refractivity contribution < 1.29 is 0 Å². The lowest BCUT2D eigenvalue weighted by Crippen LogP contribution is -2.26. The Hall–Kier alpha value is -1.12. The van der Waals surface area contributed by atoms with E-state index in [0.717, 1.165) is 24.1 Å². The normalized spacial score (nSPS) is 10.4. The van der Waals surface area contributed by atoms with Gasteiger partial charge in [-0.3, -0.25) is 4.79 Å². The lowest BCUT2D eigenvalue weighted by atomic mass is 10.2. The fourth-order valence-electron chi connectivity index (χ4n) is 1.30. The van der Waals surface area contributed by atoms with E-state index >= 15 is 0 Å². The van der Waals surface area contributed by atoms with Gasteiger partial charge in [-0.1, -0.05) is 13.8 Å². The zero-order valence-electron chi connectivity index (χ0n) is 8.50. The standard InChI is InChI=1S/C10H16N2O/c1-4-8-7-9(5-2)11-12(6-3)10(8)13/h7H,4-6H2,1-3H3. The van der Waals surface area contributed by atoms with Crippen LogP contribution in [0, 0.1) is 0 Å². The molecule has 0 atom stereocenters. The first kappa shape index (κ1) is 9.96. The maximum atomic E-state index is 11.6. The van der Waals surface area contributed by atoms with Crippen LogP contribution in [0.25, 0.3) is 0 Å². The van der Waals surface area contributed by atoms with Gasteiger partial charge in [0.1, 0.15) is 0 Å². The van der Waals surface area contributed by atoms with Gasteiger partial charge in [-0.2, -0.15) is 5.10 Å². The van der Waals surface area contributed by atoms with Gasteiger partial charge in [-0.05, 0) is 25.8 Å². The minimum atomic E-state index is 0.0576. The third-order valence-corrected chi connectivity index (χ3v) is 2.14. The predicted molar refractivity (Wildman–Crippen MR) is 52.9 cm³/mol. The molecule has 0 aliphatic heterocycles. The number of aromatic nitrogens is 2. The van der Waals surface area contributed by atoms with Gasteiger partial charge in [-0.15, -0.1) is 0 Å². The highest BCUT2D eigenvalue weighted by molar-refractivity contribution is 5.13. The first-order chi connectivity index (χ1) is 6.22. The van der Waals surface area contributed by atoms with E-state index < -0.39 is 0 Å². The summed E-state index contributed by atoms with van der Waals surface area (Å²) >= 11 is 0. The molecule has 1 heterocycles. The molecule has 1 aromatic heterocycles. The van der Waals surface area contributed by atoms with E-state index in [9.17, 15) is 4.79 Å².